The molecule has 1 unspecified atom stereocenters. The number of nitrogens with zero attached hydrogens (tertiary/aromatic N) is 2. The monoisotopic (exact) mass is 254 g/mol. The molecule has 1 heterocycles. The third kappa shape index (κ3) is 2.24. The second-order valence-electron chi connectivity index (χ2n) is 5.41. The minimum atomic E-state index is -1.06. The van der Waals surface area contributed by atoms with Crippen LogP contribution < -0.4 is 4.74 Å². The molecule has 1 aliphatic carbocycles. The van der Waals surface area contributed by atoms with Crippen molar-refractivity contribution in [2.45, 2.75) is 44.3 Å². The van der Waals surface area contributed by atoms with Crippen molar-refractivity contribution in [1.29, 1.82) is 0 Å². The maximum atomic E-state index is 10.6. The molecule has 1 fully saturated rings. The molecule has 1 saturated carbocycles. The van der Waals surface area contributed by atoms with E-state index in [1.807, 2.05) is 0 Å². The Bertz CT molecular complexity index is 408. The van der Waals surface area contributed by atoms with Crippen LogP contribution in [0.25, 0.3) is 0 Å². The molecular formula is C13H22N2O3. The fourth-order valence-electron chi connectivity index (χ4n) is 2.69. The van der Waals surface area contributed by atoms with Crippen LogP contribution in [0.4, 0.5) is 0 Å². The Hall–Kier alpha value is -1.07. The van der Waals surface area contributed by atoms with E-state index in [1.165, 1.54) is 0 Å². The zero-order chi connectivity index (χ0) is 13.3. The molecule has 0 saturated heterocycles. The van der Waals surface area contributed by atoms with Gasteiger partial charge in [0.2, 0.25) is 0 Å². The number of ether oxygens (including phenoxy) is 1. The first kappa shape index (κ1) is 13.4. The van der Waals surface area contributed by atoms with Crippen LogP contribution in [-0.4, -0.2) is 32.7 Å². The molecule has 0 aliphatic heterocycles. The van der Waals surface area contributed by atoms with E-state index in [-0.39, 0.29) is 0 Å². The van der Waals surface area contributed by atoms with E-state index in [1.54, 1.807) is 25.0 Å². The van der Waals surface area contributed by atoms with Gasteiger partial charge in [0.15, 0.2) is 5.75 Å². The highest BCUT2D eigenvalue weighted by molar-refractivity contribution is 5.29. The minimum Gasteiger partial charge on any atom is -0.493 e. The van der Waals surface area contributed by atoms with Crippen molar-refractivity contribution in [3.63, 3.8) is 0 Å². The summed E-state index contributed by atoms with van der Waals surface area (Å²) in [6, 6.07) is 0. The van der Waals surface area contributed by atoms with E-state index in [4.69, 9.17) is 4.74 Å². The lowest BCUT2D eigenvalue weighted by atomic mass is 9.75. The summed E-state index contributed by atoms with van der Waals surface area (Å²) in [6.07, 6.45) is 3.72. The molecule has 102 valence electrons. The summed E-state index contributed by atoms with van der Waals surface area (Å²) in [5.41, 5.74) is -0.511. The SMILES string of the molecule is COc1cnn(C)c1C(O)C1(O)CCC(C)CC1. The average molecular weight is 254 g/mol. The van der Waals surface area contributed by atoms with Gasteiger partial charge < -0.3 is 14.9 Å². The van der Waals surface area contributed by atoms with Gasteiger partial charge >= 0.3 is 0 Å². The highest BCUT2D eigenvalue weighted by atomic mass is 16.5. The van der Waals surface area contributed by atoms with Crippen molar-refractivity contribution in [1.82, 2.24) is 9.78 Å². The Kier molecular flexibility index (Phi) is 3.64. The first-order valence-corrected chi connectivity index (χ1v) is 6.44. The van der Waals surface area contributed by atoms with Gasteiger partial charge in [-0.25, -0.2) is 0 Å². The predicted octanol–water partition coefficient (Wildman–Crippen LogP) is 1.40. The number of aromatic nitrogens is 2. The van der Waals surface area contributed by atoms with Crippen LogP contribution in [0.1, 0.15) is 44.4 Å². The fraction of sp³-hybridized carbons (Fsp3) is 0.769. The van der Waals surface area contributed by atoms with Gasteiger partial charge in [-0.3, -0.25) is 4.68 Å². The Balaban J connectivity index is 2.24. The molecule has 0 bridgehead atoms. The molecule has 1 atom stereocenters. The van der Waals surface area contributed by atoms with Crippen LogP contribution in [0.5, 0.6) is 5.75 Å². The highest BCUT2D eigenvalue weighted by Gasteiger charge is 2.41. The van der Waals surface area contributed by atoms with Crippen molar-refractivity contribution in [3.8, 4) is 5.75 Å². The molecular weight excluding hydrogens is 232 g/mol. The number of methoxy groups -OCH3 is 1. The normalized spacial score (nSPS) is 30.2. The Morgan fingerprint density at radius 3 is 2.67 bits per heavy atom. The number of aliphatic hydroxyl groups excluding tert-OH is 1. The predicted molar refractivity (Wildman–Crippen MR) is 67.3 cm³/mol. The molecule has 1 aromatic heterocycles. The maximum Gasteiger partial charge on any atom is 0.162 e. The first-order valence-electron chi connectivity index (χ1n) is 6.44. The molecule has 1 aromatic rings. The standard InChI is InChI=1S/C13H22N2O3/c1-9-4-6-13(17,7-5-9)12(16)11-10(18-3)8-14-15(11)2/h8-9,12,16-17H,4-7H2,1-3H3. The van der Waals surface area contributed by atoms with Crippen molar-refractivity contribution in [3.05, 3.63) is 11.9 Å². The summed E-state index contributed by atoms with van der Waals surface area (Å²) in [6.45, 7) is 2.18. The van der Waals surface area contributed by atoms with E-state index in [9.17, 15) is 10.2 Å². The van der Waals surface area contributed by atoms with Gasteiger partial charge in [-0.2, -0.15) is 5.10 Å². The molecule has 5 nitrogen and oxygen atoms in total. The van der Waals surface area contributed by atoms with Crippen LogP contribution in [0.15, 0.2) is 6.20 Å². The minimum absolute atomic E-state index is 0.525. The zero-order valence-corrected chi connectivity index (χ0v) is 11.3. The molecule has 0 aromatic carbocycles. The Morgan fingerprint density at radius 1 is 1.50 bits per heavy atom. The van der Waals surface area contributed by atoms with Gasteiger partial charge in [0.25, 0.3) is 0 Å². The summed E-state index contributed by atoms with van der Waals surface area (Å²) in [5.74, 6) is 1.14. The second-order valence-corrected chi connectivity index (χ2v) is 5.41. The number of hydrogen-bond donors (Lipinski definition) is 2. The van der Waals surface area contributed by atoms with Crippen LogP contribution in [0, 0.1) is 5.92 Å². The number of hydrogen-bond acceptors (Lipinski definition) is 4. The number of aryl methyl sites for hydroxylation is 1. The Morgan fingerprint density at radius 2 is 2.11 bits per heavy atom. The van der Waals surface area contributed by atoms with E-state index >= 15 is 0 Å². The van der Waals surface area contributed by atoms with Crippen molar-refractivity contribution < 1.29 is 14.9 Å². The van der Waals surface area contributed by atoms with Crippen molar-refractivity contribution >= 4 is 0 Å². The molecule has 1 aliphatic rings. The molecule has 0 amide bonds. The summed E-state index contributed by atoms with van der Waals surface area (Å²) in [7, 11) is 3.29. The van der Waals surface area contributed by atoms with Crippen molar-refractivity contribution in [2.24, 2.45) is 13.0 Å². The molecule has 18 heavy (non-hydrogen) atoms. The smallest absolute Gasteiger partial charge is 0.162 e. The second kappa shape index (κ2) is 4.90. The topological polar surface area (TPSA) is 67.5 Å². The fourth-order valence-corrected chi connectivity index (χ4v) is 2.69. The largest absolute Gasteiger partial charge is 0.493 e. The number of rotatable bonds is 3. The lowest BCUT2D eigenvalue weighted by Crippen LogP contribution is -2.40. The lowest BCUT2D eigenvalue weighted by molar-refractivity contribution is -0.109. The van der Waals surface area contributed by atoms with Gasteiger partial charge in [-0.1, -0.05) is 6.92 Å². The average Bonchev–Trinajstić information content (AvgIpc) is 2.73. The van der Waals surface area contributed by atoms with Gasteiger partial charge in [0.1, 0.15) is 11.8 Å². The molecule has 0 spiro atoms. The summed E-state index contributed by atoms with van der Waals surface area (Å²) >= 11 is 0. The molecule has 2 N–H and O–H groups in total. The lowest BCUT2D eigenvalue weighted by Gasteiger charge is -2.38. The quantitative estimate of drug-likeness (QED) is 0.855. The number of aliphatic hydroxyl groups is 2. The van der Waals surface area contributed by atoms with Crippen LogP contribution in [0.3, 0.4) is 0 Å². The van der Waals surface area contributed by atoms with E-state index in [0.29, 0.717) is 30.2 Å². The van der Waals surface area contributed by atoms with Crippen molar-refractivity contribution in [2.75, 3.05) is 7.11 Å². The van der Waals surface area contributed by atoms with Gasteiger partial charge in [0.05, 0.1) is 18.9 Å². The molecule has 5 heteroatoms. The van der Waals surface area contributed by atoms with Gasteiger partial charge in [-0.05, 0) is 31.6 Å². The summed E-state index contributed by atoms with van der Waals surface area (Å²) in [5, 5.41) is 25.2. The van der Waals surface area contributed by atoms with E-state index in [0.717, 1.165) is 12.8 Å². The third-order valence-corrected chi connectivity index (χ3v) is 4.08. The highest BCUT2D eigenvalue weighted by Crippen LogP contribution is 2.42. The third-order valence-electron chi connectivity index (χ3n) is 4.08. The summed E-state index contributed by atoms with van der Waals surface area (Å²) in [4.78, 5) is 0. The zero-order valence-electron chi connectivity index (χ0n) is 11.3. The molecule has 0 radical (unpaired) electrons. The van der Waals surface area contributed by atoms with Crippen LogP contribution in [-0.2, 0) is 7.05 Å². The van der Waals surface area contributed by atoms with Gasteiger partial charge in [-0.15, -0.1) is 0 Å². The van der Waals surface area contributed by atoms with Crippen LogP contribution in [0.2, 0.25) is 0 Å². The van der Waals surface area contributed by atoms with Crippen LogP contribution >= 0.6 is 0 Å². The van der Waals surface area contributed by atoms with E-state index in [2.05, 4.69) is 12.0 Å². The summed E-state index contributed by atoms with van der Waals surface area (Å²) < 4.78 is 6.76. The molecule has 2 rings (SSSR count). The maximum absolute atomic E-state index is 10.6. The first-order chi connectivity index (χ1) is 8.48. The van der Waals surface area contributed by atoms with E-state index < -0.39 is 11.7 Å². The Labute approximate surface area is 107 Å². The van der Waals surface area contributed by atoms with Gasteiger partial charge in [0, 0.05) is 7.05 Å².